The van der Waals surface area contributed by atoms with E-state index in [0.29, 0.717) is 13.2 Å². The lowest BCUT2D eigenvalue weighted by Crippen LogP contribution is -2.34. The average Bonchev–Trinajstić information content (AvgIpc) is 3.60. The van der Waals surface area contributed by atoms with Crippen LogP contribution in [0.25, 0.3) is 21.1 Å². The first-order chi connectivity index (χ1) is 20.8. The van der Waals surface area contributed by atoms with Gasteiger partial charge in [0, 0.05) is 36.8 Å². The van der Waals surface area contributed by atoms with Crippen molar-refractivity contribution in [3.05, 3.63) is 75.8 Å². The summed E-state index contributed by atoms with van der Waals surface area (Å²) in [5, 5.41) is 22.1. The normalized spacial score (nSPS) is 17.9. The molecule has 10 heteroatoms. The van der Waals surface area contributed by atoms with Gasteiger partial charge in [-0.3, -0.25) is 9.69 Å². The topological polar surface area (TPSA) is 103 Å². The van der Waals surface area contributed by atoms with Crippen LogP contribution in [-0.2, 0) is 23.1 Å². The van der Waals surface area contributed by atoms with Gasteiger partial charge in [0.25, 0.3) is 0 Å². The van der Waals surface area contributed by atoms with E-state index in [1.807, 2.05) is 26.1 Å². The summed E-state index contributed by atoms with van der Waals surface area (Å²) < 4.78 is 14.8. The number of benzene rings is 2. The van der Waals surface area contributed by atoms with Gasteiger partial charge in [-0.1, -0.05) is 24.3 Å². The summed E-state index contributed by atoms with van der Waals surface area (Å²) >= 11 is 1.72. The van der Waals surface area contributed by atoms with Crippen molar-refractivity contribution in [2.45, 2.75) is 65.1 Å². The van der Waals surface area contributed by atoms with Gasteiger partial charge in [0.05, 0.1) is 24.6 Å². The maximum absolute atomic E-state index is 13.0. The molecule has 5 aromatic rings. The van der Waals surface area contributed by atoms with Crippen molar-refractivity contribution in [2.24, 2.45) is 7.05 Å². The summed E-state index contributed by atoms with van der Waals surface area (Å²) in [6.07, 6.45) is 1.07. The number of aromatic nitrogens is 4. The number of carbonyl (C=O) groups excluding carboxylic acids is 1. The fourth-order valence-electron chi connectivity index (χ4n) is 6.21. The van der Waals surface area contributed by atoms with Crippen molar-refractivity contribution in [1.82, 2.24) is 24.9 Å². The van der Waals surface area contributed by atoms with Crippen molar-refractivity contribution < 1.29 is 19.4 Å². The predicted octanol–water partition coefficient (Wildman–Crippen LogP) is 6.41. The average molecular weight is 600 g/mol. The second-order valence-electron chi connectivity index (χ2n) is 11.2. The molecule has 0 saturated heterocycles. The monoisotopic (exact) mass is 599 g/mol. The van der Waals surface area contributed by atoms with Crippen LogP contribution in [0, 0.1) is 6.92 Å². The van der Waals surface area contributed by atoms with E-state index in [1.165, 1.54) is 10.3 Å². The van der Waals surface area contributed by atoms with Crippen LogP contribution >= 0.6 is 11.3 Å². The van der Waals surface area contributed by atoms with Gasteiger partial charge in [0.1, 0.15) is 23.1 Å². The van der Waals surface area contributed by atoms with E-state index < -0.39 is 0 Å². The highest BCUT2D eigenvalue weighted by atomic mass is 32.1. The quantitative estimate of drug-likeness (QED) is 0.204. The Morgan fingerprint density at radius 3 is 2.84 bits per heavy atom. The number of aromatic hydroxyl groups is 1. The lowest BCUT2D eigenvalue weighted by molar-refractivity contribution is -0.143. The number of nitrogens with zero attached hydrogens (tertiary/aromatic N) is 5. The summed E-state index contributed by atoms with van der Waals surface area (Å²) in [5.41, 5.74) is 6.82. The number of hydrogen-bond acceptors (Lipinski definition) is 9. The molecule has 1 N–H and O–H groups in total. The predicted molar refractivity (Wildman–Crippen MR) is 168 cm³/mol. The SMILES string of the molecule is CCOC(=O)C[C@H](c1cc(CN2C[C@@H](CC)Oc3ccc(O)nc3[C@H]2C)c2sccc2c1)c1ccc2c(nnn2C)c1C. The number of carbonyl (C=O) groups is 1. The van der Waals surface area contributed by atoms with E-state index in [9.17, 15) is 9.90 Å². The largest absolute Gasteiger partial charge is 0.493 e. The first kappa shape index (κ1) is 29.1. The van der Waals surface area contributed by atoms with Gasteiger partial charge < -0.3 is 14.6 Å². The van der Waals surface area contributed by atoms with Crippen molar-refractivity contribution in [3.63, 3.8) is 0 Å². The number of esters is 1. The molecule has 0 saturated carbocycles. The third-order valence-electron chi connectivity index (χ3n) is 8.56. The number of rotatable bonds is 8. The highest BCUT2D eigenvalue weighted by Crippen LogP contribution is 2.40. The van der Waals surface area contributed by atoms with Gasteiger partial charge in [-0.05, 0) is 84.5 Å². The number of thiophene rings is 1. The standard InChI is InChI=1S/C33H37N5O4S/c1-6-24-18-38(20(4)32-28(42-24)10-11-29(39)34-32)17-23-15-22(14-21-12-13-43-33(21)23)26(16-30(40)41-7-2)25-8-9-27-31(19(25)3)35-36-37(27)5/h8-15,20,24,26H,6-7,16-18H2,1-5H3,(H,34,39)/t20-,24-,26-/m1/s1. The first-order valence-electron chi connectivity index (χ1n) is 14.8. The van der Waals surface area contributed by atoms with Gasteiger partial charge in [-0.25, -0.2) is 9.67 Å². The summed E-state index contributed by atoms with van der Waals surface area (Å²) in [4.78, 5) is 19.8. The number of aryl methyl sites for hydroxylation is 2. The minimum absolute atomic E-state index is 0.00465. The number of ether oxygens (including phenoxy) is 2. The molecule has 0 fully saturated rings. The van der Waals surface area contributed by atoms with E-state index in [0.717, 1.165) is 57.5 Å². The number of pyridine rings is 1. The lowest BCUT2D eigenvalue weighted by Gasteiger charge is -2.29. The molecular formula is C33H37N5O4S. The summed E-state index contributed by atoms with van der Waals surface area (Å²) in [6, 6.07) is 14.0. The Labute approximate surface area is 255 Å². The molecule has 224 valence electrons. The first-order valence-corrected chi connectivity index (χ1v) is 15.7. The van der Waals surface area contributed by atoms with Crippen molar-refractivity contribution >= 4 is 38.4 Å². The molecule has 0 radical (unpaired) electrons. The molecule has 9 nitrogen and oxygen atoms in total. The van der Waals surface area contributed by atoms with Gasteiger partial charge in [-0.15, -0.1) is 16.4 Å². The Bertz CT molecular complexity index is 1800. The van der Waals surface area contributed by atoms with Crippen molar-refractivity contribution in [1.29, 1.82) is 0 Å². The van der Waals surface area contributed by atoms with E-state index in [1.54, 1.807) is 22.1 Å². The maximum atomic E-state index is 13.0. The molecule has 0 amide bonds. The second kappa shape index (κ2) is 11.9. The minimum atomic E-state index is -0.232. The van der Waals surface area contributed by atoms with Crippen molar-refractivity contribution in [3.8, 4) is 11.6 Å². The third-order valence-corrected chi connectivity index (χ3v) is 9.56. The zero-order valence-electron chi connectivity index (χ0n) is 25.2. The van der Waals surface area contributed by atoms with Crippen LogP contribution in [0.5, 0.6) is 11.6 Å². The van der Waals surface area contributed by atoms with Crippen LogP contribution in [0.1, 0.15) is 73.5 Å². The maximum Gasteiger partial charge on any atom is 0.306 e. The number of fused-ring (bicyclic) bond motifs is 3. The molecule has 3 atom stereocenters. The molecule has 1 aliphatic rings. The molecular weight excluding hydrogens is 562 g/mol. The lowest BCUT2D eigenvalue weighted by atomic mass is 9.84. The zero-order chi connectivity index (χ0) is 30.2. The van der Waals surface area contributed by atoms with E-state index in [2.05, 4.69) is 70.6 Å². The number of hydrogen-bond donors (Lipinski definition) is 1. The molecule has 0 aliphatic carbocycles. The Kier molecular flexibility index (Phi) is 8.07. The van der Waals surface area contributed by atoms with Gasteiger partial charge in [-0.2, -0.15) is 0 Å². The fraction of sp³-hybridized carbons (Fsp3) is 0.394. The van der Waals surface area contributed by atoms with Gasteiger partial charge >= 0.3 is 5.97 Å². The van der Waals surface area contributed by atoms with Crippen LogP contribution in [0.15, 0.2) is 47.8 Å². The molecule has 0 bridgehead atoms. The van der Waals surface area contributed by atoms with Gasteiger partial charge in [0.2, 0.25) is 5.88 Å². The van der Waals surface area contributed by atoms with E-state index in [-0.39, 0.29) is 36.3 Å². The molecule has 0 spiro atoms. The molecule has 6 rings (SSSR count). The van der Waals surface area contributed by atoms with E-state index >= 15 is 0 Å². The van der Waals surface area contributed by atoms with Crippen LogP contribution in [0.3, 0.4) is 0 Å². The molecule has 43 heavy (non-hydrogen) atoms. The Morgan fingerprint density at radius 1 is 1.21 bits per heavy atom. The fourth-order valence-corrected chi connectivity index (χ4v) is 7.10. The minimum Gasteiger partial charge on any atom is -0.493 e. The van der Waals surface area contributed by atoms with Crippen LogP contribution < -0.4 is 4.74 Å². The zero-order valence-corrected chi connectivity index (χ0v) is 26.0. The Balaban J connectivity index is 1.44. The molecule has 4 heterocycles. The van der Waals surface area contributed by atoms with Crippen LogP contribution in [0.4, 0.5) is 0 Å². The highest BCUT2D eigenvalue weighted by Gasteiger charge is 2.31. The van der Waals surface area contributed by atoms with Gasteiger partial charge in [0.15, 0.2) is 0 Å². The second-order valence-corrected chi connectivity index (χ2v) is 12.2. The third kappa shape index (κ3) is 5.57. The summed E-state index contributed by atoms with van der Waals surface area (Å²) in [6.45, 7) is 9.85. The Morgan fingerprint density at radius 2 is 2.05 bits per heavy atom. The summed E-state index contributed by atoms with van der Waals surface area (Å²) in [5.74, 6) is 0.258. The smallest absolute Gasteiger partial charge is 0.306 e. The van der Waals surface area contributed by atoms with Crippen LogP contribution in [0.2, 0.25) is 0 Å². The Hall–Kier alpha value is -4.02. The molecule has 2 aromatic carbocycles. The molecule has 1 aliphatic heterocycles. The highest BCUT2D eigenvalue weighted by molar-refractivity contribution is 7.17. The van der Waals surface area contributed by atoms with Crippen molar-refractivity contribution in [2.75, 3.05) is 13.2 Å². The van der Waals surface area contributed by atoms with Crippen LogP contribution in [-0.4, -0.2) is 55.2 Å². The summed E-state index contributed by atoms with van der Waals surface area (Å²) in [7, 11) is 1.88. The molecule has 3 aromatic heterocycles. The van der Waals surface area contributed by atoms with E-state index in [4.69, 9.17) is 9.47 Å². The molecule has 0 unspecified atom stereocenters.